The van der Waals surface area contributed by atoms with Crippen LogP contribution in [0.1, 0.15) is 38.4 Å². The van der Waals surface area contributed by atoms with Crippen molar-refractivity contribution in [2.75, 3.05) is 0 Å². The minimum Gasteiger partial charge on any atom is -0.352 e. The third-order valence-electron chi connectivity index (χ3n) is 2.84. The van der Waals surface area contributed by atoms with E-state index in [1.165, 1.54) is 0 Å². The van der Waals surface area contributed by atoms with E-state index in [9.17, 15) is 4.79 Å². The lowest BCUT2D eigenvalue weighted by Gasteiger charge is -2.18. The molecule has 1 aromatic heterocycles. The molecule has 2 N–H and O–H groups in total. The van der Waals surface area contributed by atoms with Gasteiger partial charge in [-0.1, -0.05) is 0 Å². The topological polar surface area (TPSA) is 66.9 Å². The fourth-order valence-electron chi connectivity index (χ4n) is 1.62. The molecule has 0 radical (unpaired) electrons. The van der Waals surface area contributed by atoms with Crippen LogP contribution >= 0.6 is 0 Å². The average molecular weight is 234 g/mol. The number of nitrogens with zero attached hydrogens (tertiary/aromatic N) is 2. The maximum absolute atomic E-state index is 11.8. The summed E-state index contributed by atoms with van der Waals surface area (Å²) in [6, 6.07) is 0.204. The van der Waals surface area contributed by atoms with Gasteiger partial charge in [0.2, 0.25) is 5.91 Å². The number of carbonyl (C=O) groups is 1. The maximum atomic E-state index is 11.8. The van der Waals surface area contributed by atoms with Crippen LogP contribution in [0, 0.1) is 0 Å². The first-order chi connectivity index (χ1) is 8.16. The second kappa shape index (κ2) is 5.23. The molecule has 5 heteroatoms. The van der Waals surface area contributed by atoms with E-state index >= 15 is 0 Å². The van der Waals surface area contributed by atoms with Gasteiger partial charge in [-0.3, -0.25) is 20.1 Å². The zero-order valence-electron chi connectivity index (χ0n) is 10.2. The van der Waals surface area contributed by atoms with Crippen molar-refractivity contribution >= 4 is 5.91 Å². The van der Waals surface area contributed by atoms with Gasteiger partial charge in [-0.25, -0.2) is 0 Å². The summed E-state index contributed by atoms with van der Waals surface area (Å²) in [7, 11) is 0. The molecule has 0 aromatic carbocycles. The van der Waals surface area contributed by atoms with Gasteiger partial charge in [-0.05, 0) is 26.7 Å². The van der Waals surface area contributed by atoms with Gasteiger partial charge in [-0.2, -0.15) is 0 Å². The SMILES string of the molecule is CC(NC(C)c1cnccn1)C(=O)NC1CC1. The molecular weight excluding hydrogens is 216 g/mol. The molecule has 1 aliphatic rings. The Labute approximate surface area is 101 Å². The highest BCUT2D eigenvalue weighted by Crippen LogP contribution is 2.18. The van der Waals surface area contributed by atoms with E-state index in [0.717, 1.165) is 18.5 Å². The van der Waals surface area contributed by atoms with Crippen LogP contribution in [0.4, 0.5) is 0 Å². The largest absolute Gasteiger partial charge is 0.352 e. The quantitative estimate of drug-likeness (QED) is 0.790. The second-order valence-corrected chi connectivity index (χ2v) is 4.52. The minimum atomic E-state index is -0.215. The average Bonchev–Trinajstić information content (AvgIpc) is 3.14. The smallest absolute Gasteiger partial charge is 0.237 e. The zero-order valence-corrected chi connectivity index (χ0v) is 10.2. The summed E-state index contributed by atoms with van der Waals surface area (Å²) in [4.78, 5) is 20.0. The molecule has 92 valence electrons. The van der Waals surface area contributed by atoms with Gasteiger partial charge in [0.1, 0.15) is 0 Å². The Balaban J connectivity index is 1.84. The number of rotatable bonds is 5. The molecule has 1 aliphatic carbocycles. The Morgan fingerprint density at radius 3 is 2.76 bits per heavy atom. The maximum Gasteiger partial charge on any atom is 0.237 e. The zero-order chi connectivity index (χ0) is 12.3. The summed E-state index contributed by atoms with van der Waals surface area (Å²) in [5.41, 5.74) is 0.846. The monoisotopic (exact) mass is 234 g/mol. The van der Waals surface area contributed by atoms with Crippen LogP contribution < -0.4 is 10.6 Å². The van der Waals surface area contributed by atoms with Crippen molar-refractivity contribution in [3.63, 3.8) is 0 Å². The molecule has 2 unspecified atom stereocenters. The van der Waals surface area contributed by atoms with Gasteiger partial charge in [0.25, 0.3) is 0 Å². The van der Waals surface area contributed by atoms with Gasteiger partial charge in [0.05, 0.1) is 11.7 Å². The van der Waals surface area contributed by atoms with Gasteiger partial charge in [0.15, 0.2) is 0 Å². The number of carbonyl (C=O) groups excluding carboxylic acids is 1. The van der Waals surface area contributed by atoms with E-state index in [4.69, 9.17) is 0 Å². The summed E-state index contributed by atoms with van der Waals surface area (Å²) < 4.78 is 0. The Morgan fingerprint density at radius 2 is 2.18 bits per heavy atom. The first kappa shape index (κ1) is 12.0. The second-order valence-electron chi connectivity index (χ2n) is 4.52. The van der Waals surface area contributed by atoms with Crippen LogP contribution in [0.25, 0.3) is 0 Å². The van der Waals surface area contributed by atoms with E-state index in [2.05, 4.69) is 20.6 Å². The Morgan fingerprint density at radius 1 is 1.41 bits per heavy atom. The highest BCUT2D eigenvalue weighted by Gasteiger charge is 2.26. The molecule has 0 aliphatic heterocycles. The van der Waals surface area contributed by atoms with Crippen molar-refractivity contribution in [3.8, 4) is 0 Å². The lowest BCUT2D eigenvalue weighted by atomic mass is 10.2. The van der Waals surface area contributed by atoms with Gasteiger partial charge in [-0.15, -0.1) is 0 Å². The number of aromatic nitrogens is 2. The highest BCUT2D eigenvalue weighted by atomic mass is 16.2. The summed E-state index contributed by atoms with van der Waals surface area (Å²) >= 11 is 0. The molecule has 0 bridgehead atoms. The minimum absolute atomic E-state index is 0.0173. The summed E-state index contributed by atoms with van der Waals surface area (Å²) in [5, 5.41) is 6.19. The third-order valence-corrected chi connectivity index (χ3v) is 2.84. The Hall–Kier alpha value is -1.49. The van der Waals surface area contributed by atoms with E-state index in [1.54, 1.807) is 18.6 Å². The van der Waals surface area contributed by atoms with Crippen molar-refractivity contribution in [3.05, 3.63) is 24.3 Å². The van der Waals surface area contributed by atoms with Crippen LogP contribution in [-0.2, 0) is 4.79 Å². The molecule has 1 saturated carbocycles. The van der Waals surface area contributed by atoms with Crippen LogP contribution in [0.5, 0.6) is 0 Å². The molecule has 0 spiro atoms. The van der Waals surface area contributed by atoms with Crippen molar-refractivity contribution in [2.24, 2.45) is 0 Å². The Bertz CT molecular complexity index is 377. The Kier molecular flexibility index (Phi) is 3.68. The van der Waals surface area contributed by atoms with E-state index in [0.29, 0.717) is 6.04 Å². The number of amides is 1. The van der Waals surface area contributed by atoms with Gasteiger partial charge in [0, 0.05) is 30.7 Å². The van der Waals surface area contributed by atoms with Crippen molar-refractivity contribution in [1.29, 1.82) is 0 Å². The lowest BCUT2D eigenvalue weighted by molar-refractivity contribution is -0.123. The van der Waals surface area contributed by atoms with Crippen LogP contribution in [0.3, 0.4) is 0 Å². The van der Waals surface area contributed by atoms with E-state index < -0.39 is 0 Å². The molecule has 2 rings (SSSR count). The molecule has 1 heterocycles. The van der Waals surface area contributed by atoms with Crippen LogP contribution in [-0.4, -0.2) is 28.0 Å². The van der Waals surface area contributed by atoms with E-state index in [-0.39, 0.29) is 18.0 Å². The van der Waals surface area contributed by atoms with Crippen LogP contribution in [0.15, 0.2) is 18.6 Å². The first-order valence-electron chi connectivity index (χ1n) is 5.99. The van der Waals surface area contributed by atoms with E-state index in [1.807, 2.05) is 13.8 Å². The standard InChI is InChI=1S/C12H18N4O/c1-8(11-7-13-5-6-14-11)15-9(2)12(17)16-10-3-4-10/h5-10,15H,3-4H2,1-2H3,(H,16,17). The molecule has 1 aromatic rings. The fraction of sp³-hybridized carbons (Fsp3) is 0.583. The summed E-state index contributed by atoms with van der Waals surface area (Å²) in [6.07, 6.45) is 7.22. The number of nitrogens with one attached hydrogen (secondary N) is 2. The summed E-state index contributed by atoms with van der Waals surface area (Å²) in [6.45, 7) is 3.84. The van der Waals surface area contributed by atoms with Crippen LogP contribution in [0.2, 0.25) is 0 Å². The van der Waals surface area contributed by atoms with Crippen molar-refractivity contribution in [2.45, 2.75) is 44.8 Å². The molecule has 17 heavy (non-hydrogen) atoms. The van der Waals surface area contributed by atoms with Crippen molar-refractivity contribution < 1.29 is 4.79 Å². The molecule has 2 atom stereocenters. The predicted molar refractivity (Wildman–Crippen MR) is 64.2 cm³/mol. The molecule has 0 saturated heterocycles. The molecule has 5 nitrogen and oxygen atoms in total. The predicted octanol–water partition coefficient (Wildman–Crippen LogP) is 0.794. The highest BCUT2D eigenvalue weighted by molar-refractivity contribution is 5.81. The molecular formula is C12H18N4O. The third kappa shape index (κ3) is 3.49. The summed E-state index contributed by atoms with van der Waals surface area (Å²) in [5.74, 6) is 0.0586. The number of hydrogen-bond donors (Lipinski definition) is 2. The van der Waals surface area contributed by atoms with Gasteiger partial charge < -0.3 is 5.32 Å². The lowest BCUT2D eigenvalue weighted by Crippen LogP contribution is -2.44. The molecule has 1 amide bonds. The molecule has 1 fully saturated rings. The normalized spacial score (nSPS) is 18.5. The van der Waals surface area contributed by atoms with Crippen molar-refractivity contribution in [1.82, 2.24) is 20.6 Å². The first-order valence-corrected chi connectivity index (χ1v) is 5.99. The fourth-order valence-corrected chi connectivity index (χ4v) is 1.62. The van der Waals surface area contributed by atoms with Gasteiger partial charge >= 0.3 is 0 Å². The number of hydrogen-bond acceptors (Lipinski definition) is 4.